The minimum Gasteiger partial charge on any atom is -0.444 e. The molecule has 1 saturated heterocycles. The van der Waals surface area contributed by atoms with Crippen LogP contribution in [0.1, 0.15) is 38.3 Å². The van der Waals surface area contributed by atoms with Gasteiger partial charge in [-0.1, -0.05) is 25.1 Å². The quantitative estimate of drug-likeness (QED) is 0.733. The van der Waals surface area contributed by atoms with Gasteiger partial charge in [-0.05, 0) is 31.4 Å². The van der Waals surface area contributed by atoms with E-state index in [4.69, 9.17) is 4.42 Å². The molecule has 1 N–H and O–H groups in total. The Bertz CT molecular complexity index is 778. The average Bonchev–Trinajstić information content (AvgIpc) is 3.18. The number of piperidine rings is 1. The number of carbonyl (C=O) groups is 2. The number of hydrogen-bond donors (Lipinski definition) is 1. The normalized spacial score (nSPS) is 16.8. The highest BCUT2D eigenvalue weighted by Crippen LogP contribution is 2.21. The molecule has 1 aliphatic heterocycles. The number of benzene rings is 1. The fourth-order valence-corrected chi connectivity index (χ4v) is 4.07. The summed E-state index contributed by atoms with van der Waals surface area (Å²) < 4.78 is 5.54. The van der Waals surface area contributed by atoms with Crippen molar-refractivity contribution in [1.82, 2.24) is 15.2 Å². The first-order valence-electron chi connectivity index (χ1n) is 9.80. The number of likely N-dealkylation sites (tertiary alicyclic amines) is 1. The lowest BCUT2D eigenvalue weighted by Gasteiger charge is -2.33. The summed E-state index contributed by atoms with van der Waals surface area (Å²) in [6.45, 7) is 3.36. The summed E-state index contributed by atoms with van der Waals surface area (Å²) in [5, 5.41) is 3.04. The van der Waals surface area contributed by atoms with Gasteiger partial charge in [-0.2, -0.15) is 0 Å². The van der Waals surface area contributed by atoms with Crippen molar-refractivity contribution in [3.8, 4) is 11.5 Å². The molecule has 1 aromatic heterocycles. The van der Waals surface area contributed by atoms with Gasteiger partial charge in [0, 0.05) is 36.9 Å². The van der Waals surface area contributed by atoms with Gasteiger partial charge in [0.2, 0.25) is 17.7 Å². The average molecular weight is 402 g/mol. The molecule has 0 saturated carbocycles. The van der Waals surface area contributed by atoms with Crippen LogP contribution in [0.5, 0.6) is 0 Å². The molecule has 28 heavy (non-hydrogen) atoms. The van der Waals surface area contributed by atoms with E-state index < -0.39 is 0 Å². The minimum absolute atomic E-state index is 0.0747. The highest BCUT2D eigenvalue weighted by atomic mass is 32.2. The predicted octanol–water partition coefficient (Wildman–Crippen LogP) is 3.48. The molecule has 0 aliphatic carbocycles. The minimum atomic E-state index is 0.0747. The molecule has 1 atom stereocenters. The van der Waals surface area contributed by atoms with Gasteiger partial charge in [-0.3, -0.25) is 9.59 Å². The second-order valence-corrected chi connectivity index (χ2v) is 7.98. The highest BCUT2D eigenvalue weighted by molar-refractivity contribution is 7.99. The molecule has 2 aromatic rings. The van der Waals surface area contributed by atoms with Gasteiger partial charge in [-0.25, -0.2) is 4.98 Å². The SMILES string of the molecule is CCCC(=O)N[C@H]1CCCN(C(=O)CSCc2coc(-c3ccccc3)n2)C1. The number of nitrogens with one attached hydrogen (secondary N) is 1. The number of thioether (sulfide) groups is 1. The summed E-state index contributed by atoms with van der Waals surface area (Å²) in [4.78, 5) is 30.7. The van der Waals surface area contributed by atoms with E-state index in [1.165, 1.54) is 11.8 Å². The van der Waals surface area contributed by atoms with Gasteiger partial charge < -0.3 is 14.6 Å². The topological polar surface area (TPSA) is 75.4 Å². The smallest absolute Gasteiger partial charge is 0.232 e. The summed E-state index contributed by atoms with van der Waals surface area (Å²) in [7, 11) is 0. The van der Waals surface area contributed by atoms with Crippen molar-refractivity contribution in [3.05, 3.63) is 42.3 Å². The largest absolute Gasteiger partial charge is 0.444 e. The lowest BCUT2D eigenvalue weighted by atomic mass is 10.1. The molecule has 2 amide bonds. The third-order valence-corrected chi connectivity index (χ3v) is 5.62. The Labute approximate surface area is 170 Å². The van der Waals surface area contributed by atoms with Crippen molar-refractivity contribution in [2.45, 2.75) is 44.4 Å². The molecule has 0 unspecified atom stereocenters. The van der Waals surface area contributed by atoms with E-state index in [9.17, 15) is 9.59 Å². The molecule has 150 valence electrons. The van der Waals surface area contributed by atoms with E-state index in [2.05, 4.69) is 10.3 Å². The van der Waals surface area contributed by atoms with Crippen LogP contribution in [0, 0.1) is 0 Å². The summed E-state index contributed by atoms with van der Waals surface area (Å²) >= 11 is 1.54. The highest BCUT2D eigenvalue weighted by Gasteiger charge is 2.24. The van der Waals surface area contributed by atoms with Crippen LogP contribution in [0.2, 0.25) is 0 Å². The van der Waals surface area contributed by atoms with Crippen molar-refractivity contribution in [1.29, 1.82) is 0 Å². The van der Waals surface area contributed by atoms with E-state index in [0.717, 1.165) is 37.1 Å². The maximum Gasteiger partial charge on any atom is 0.232 e. The molecular formula is C21H27N3O3S. The first kappa shape index (κ1) is 20.5. The van der Waals surface area contributed by atoms with Gasteiger partial charge in [0.1, 0.15) is 6.26 Å². The van der Waals surface area contributed by atoms with Crippen molar-refractivity contribution >= 4 is 23.6 Å². The summed E-state index contributed by atoms with van der Waals surface area (Å²) in [5.41, 5.74) is 1.78. The molecule has 7 heteroatoms. The van der Waals surface area contributed by atoms with Crippen LogP contribution in [-0.4, -0.2) is 46.6 Å². The van der Waals surface area contributed by atoms with Gasteiger partial charge in [-0.15, -0.1) is 11.8 Å². The second-order valence-electron chi connectivity index (χ2n) is 7.00. The summed E-state index contributed by atoms with van der Waals surface area (Å²) in [6.07, 6.45) is 4.90. The van der Waals surface area contributed by atoms with Crippen LogP contribution >= 0.6 is 11.8 Å². The molecule has 0 bridgehead atoms. The Morgan fingerprint density at radius 2 is 2.14 bits per heavy atom. The third kappa shape index (κ3) is 5.86. The van der Waals surface area contributed by atoms with Crippen molar-refractivity contribution in [2.75, 3.05) is 18.8 Å². The van der Waals surface area contributed by atoms with Crippen LogP contribution < -0.4 is 5.32 Å². The Morgan fingerprint density at radius 3 is 2.93 bits per heavy atom. The standard InChI is InChI=1S/C21H27N3O3S/c1-2-7-19(25)22-17-10-6-11-24(12-17)20(26)15-28-14-18-13-27-21(23-18)16-8-4-3-5-9-16/h3-5,8-9,13,17H,2,6-7,10-12,14-15H2,1H3,(H,22,25)/t17-/m0/s1. The van der Waals surface area contributed by atoms with Crippen molar-refractivity contribution < 1.29 is 14.0 Å². The Morgan fingerprint density at radius 1 is 1.32 bits per heavy atom. The number of aromatic nitrogens is 1. The first-order chi connectivity index (χ1) is 13.7. The van der Waals surface area contributed by atoms with E-state index in [1.54, 1.807) is 6.26 Å². The van der Waals surface area contributed by atoms with Crippen LogP contribution in [0.4, 0.5) is 0 Å². The van der Waals surface area contributed by atoms with Crippen LogP contribution in [-0.2, 0) is 15.3 Å². The van der Waals surface area contributed by atoms with E-state index in [0.29, 0.717) is 30.4 Å². The Hall–Kier alpha value is -2.28. The molecule has 1 fully saturated rings. The maximum atomic E-state index is 12.5. The van der Waals surface area contributed by atoms with Gasteiger partial charge in [0.25, 0.3) is 0 Å². The van der Waals surface area contributed by atoms with E-state index in [1.807, 2.05) is 42.2 Å². The zero-order valence-electron chi connectivity index (χ0n) is 16.2. The number of amides is 2. The van der Waals surface area contributed by atoms with Crippen LogP contribution in [0.15, 0.2) is 41.0 Å². The van der Waals surface area contributed by atoms with Gasteiger partial charge in [0.15, 0.2) is 0 Å². The molecule has 1 aliphatic rings. The lowest BCUT2D eigenvalue weighted by molar-refractivity contribution is -0.131. The predicted molar refractivity (Wildman–Crippen MR) is 111 cm³/mol. The molecule has 1 aromatic carbocycles. The molecule has 6 nitrogen and oxygen atoms in total. The van der Waals surface area contributed by atoms with E-state index in [-0.39, 0.29) is 17.9 Å². The number of hydrogen-bond acceptors (Lipinski definition) is 5. The molecular weight excluding hydrogens is 374 g/mol. The molecule has 2 heterocycles. The molecule has 3 rings (SSSR count). The zero-order chi connectivity index (χ0) is 19.8. The van der Waals surface area contributed by atoms with Crippen LogP contribution in [0.25, 0.3) is 11.5 Å². The summed E-state index contributed by atoms with van der Waals surface area (Å²) in [6, 6.07) is 9.84. The summed E-state index contributed by atoms with van der Waals surface area (Å²) in [5.74, 6) is 1.84. The molecule has 0 spiro atoms. The Kier molecular flexibility index (Phi) is 7.54. The van der Waals surface area contributed by atoms with Gasteiger partial charge >= 0.3 is 0 Å². The van der Waals surface area contributed by atoms with Crippen LogP contribution in [0.3, 0.4) is 0 Å². The van der Waals surface area contributed by atoms with Crippen molar-refractivity contribution in [3.63, 3.8) is 0 Å². The fraction of sp³-hybridized carbons (Fsp3) is 0.476. The monoisotopic (exact) mass is 401 g/mol. The number of rotatable bonds is 8. The van der Waals surface area contributed by atoms with Gasteiger partial charge in [0.05, 0.1) is 11.4 Å². The number of oxazole rings is 1. The second kappa shape index (κ2) is 10.3. The first-order valence-corrected chi connectivity index (χ1v) is 11.0. The fourth-order valence-electron chi connectivity index (χ4n) is 3.27. The Balaban J connectivity index is 1.43. The number of carbonyl (C=O) groups excluding carboxylic acids is 2. The molecule has 0 radical (unpaired) electrons. The zero-order valence-corrected chi connectivity index (χ0v) is 17.0. The van der Waals surface area contributed by atoms with Crippen molar-refractivity contribution in [2.24, 2.45) is 0 Å². The maximum absolute atomic E-state index is 12.5. The van der Waals surface area contributed by atoms with E-state index >= 15 is 0 Å². The lowest BCUT2D eigenvalue weighted by Crippen LogP contribution is -2.50. The number of nitrogens with zero attached hydrogens (tertiary/aromatic N) is 2. The third-order valence-electron chi connectivity index (χ3n) is 4.66.